The van der Waals surface area contributed by atoms with Crippen LogP contribution in [0.25, 0.3) is 10.9 Å². The number of morpholine rings is 1. The Morgan fingerprint density at radius 2 is 1.79 bits per heavy atom. The lowest BCUT2D eigenvalue weighted by atomic mass is 9.98. The number of fused-ring (bicyclic) bond motifs is 3. The minimum Gasteiger partial charge on any atom is -0.493 e. The monoisotopic (exact) mass is 462 g/mol. The number of carbonyl (C=O) groups is 2. The second-order valence-electron chi connectivity index (χ2n) is 9.18. The van der Waals surface area contributed by atoms with Gasteiger partial charge in [0.15, 0.2) is 0 Å². The summed E-state index contributed by atoms with van der Waals surface area (Å²) in [5, 5.41) is 5.31. The molecule has 1 aliphatic carbocycles. The summed E-state index contributed by atoms with van der Waals surface area (Å²) in [4.78, 5) is 26.3. The van der Waals surface area contributed by atoms with Crippen molar-refractivity contribution >= 4 is 22.7 Å². The van der Waals surface area contributed by atoms with E-state index in [-0.39, 0.29) is 18.1 Å². The number of hydrogen-bond donors (Lipinski definition) is 1. The molecule has 4 fully saturated rings. The van der Waals surface area contributed by atoms with Gasteiger partial charge in [-0.3, -0.25) is 14.3 Å². The molecule has 2 atom stereocenters. The highest BCUT2D eigenvalue weighted by Crippen LogP contribution is 2.38. The van der Waals surface area contributed by atoms with Crippen LogP contribution >= 0.6 is 0 Å². The van der Waals surface area contributed by atoms with Crippen LogP contribution in [0, 0.1) is 0 Å². The quantitative estimate of drug-likeness (QED) is 0.551. The molecule has 9 nitrogen and oxygen atoms in total. The van der Waals surface area contributed by atoms with E-state index in [1.165, 1.54) is 0 Å². The first-order valence-electron chi connectivity index (χ1n) is 11.7. The molecule has 176 valence electrons. The SMILES string of the molecule is NC(=O)c1cc2cnn(C3CC3)c2cc1Oc1ccc(OCCC(=O)N2CC3CC(C2)O3)cc1. The van der Waals surface area contributed by atoms with Gasteiger partial charge in [0.1, 0.15) is 17.2 Å². The lowest BCUT2D eigenvalue weighted by molar-refractivity contribution is -0.188. The van der Waals surface area contributed by atoms with E-state index in [2.05, 4.69) is 5.10 Å². The number of ether oxygens (including phenoxy) is 3. The fraction of sp³-hybridized carbons (Fsp3) is 0.400. The minimum atomic E-state index is -0.557. The van der Waals surface area contributed by atoms with Crippen LogP contribution in [0.3, 0.4) is 0 Å². The number of primary amides is 1. The fourth-order valence-electron chi connectivity index (χ4n) is 4.67. The third-order valence-corrected chi connectivity index (χ3v) is 6.60. The Labute approximate surface area is 196 Å². The van der Waals surface area contributed by atoms with Gasteiger partial charge in [-0.25, -0.2) is 0 Å². The molecular formula is C25H26N4O5. The molecule has 4 heterocycles. The number of piperidine rings is 1. The highest BCUT2D eigenvalue weighted by atomic mass is 16.5. The molecule has 2 bridgehead atoms. The number of carbonyl (C=O) groups excluding carboxylic acids is 2. The molecule has 4 aliphatic rings. The Morgan fingerprint density at radius 3 is 2.47 bits per heavy atom. The van der Waals surface area contributed by atoms with Gasteiger partial charge in [-0.15, -0.1) is 0 Å². The van der Waals surface area contributed by atoms with E-state index >= 15 is 0 Å². The highest BCUT2D eigenvalue weighted by molar-refractivity contribution is 6.00. The summed E-state index contributed by atoms with van der Waals surface area (Å²) < 4.78 is 19.3. The molecule has 2 unspecified atom stereocenters. The van der Waals surface area contributed by atoms with E-state index in [1.54, 1.807) is 36.5 Å². The van der Waals surface area contributed by atoms with Gasteiger partial charge in [-0.1, -0.05) is 0 Å². The van der Waals surface area contributed by atoms with Gasteiger partial charge < -0.3 is 24.8 Å². The normalized spacial score (nSPS) is 21.2. The zero-order chi connectivity index (χ0) is 23.2. The highest BCUT2D eigenvalue weighted by Gasteiger charge is 2.39. The van der Waals surface area contributed by atoms with Gasteiger partial charge in [-0.2, -0.15) is 5.10 Å². The van der Waals surface area contributed by atoms with Crippen molar-refractivity contribution in [1.82, 2.24) is 14.7 Å². The summed E-state index contributed by atoms with van der Waals surface area (Å²) >= 11 is 0. The van der Waals surface area contributed by atoms with Crippen molar-refractivity contribution in [3.8, 4) is 17.2 Å². The van der Waals surface area contributed by atoms with Crippen LogP contribution in [-0.2, 0) is 9.53 Å². The zero-order valence-corrected chi connectivity index (χ0v) is 18.7. The van der Waals surface area contributed by atoms with E-state index in [0.717, 1.165) is 30.2 Å². The number of nitrogens with zero attached hydrogens (tertiary/aromatic N) is 3. The molecule has 2 aromatic carbocycles. The molecule has 7 rings (SSSR count). The zero-order valence-electron chi connectivity index (χ0n) is 18.7. The molecule has 9 heteroatoms. The Hall–Kier alpha value is -3.59. The maximum atomic E-state index is 12.4. The van der Waals surface area contributed by atoms with Crippen LogP contribution in [0.4, 0.5) is 0 Å². The van der Waals surface area contributed by atoms with Crippen molar-refractivity contribution in [2.24, 2.45) is 5.73 Å². The van der Waals surface area contributed by atoms with Crippen molar-refractivity contribution in [3.63, 3.8) is 0 Å². The number of nitrogens with two attached hydrogens (primary N) is 1. The topological polar surface area (TPSA) is 109 Å². The third-order valence-electron chi connectivity index (χ3n) is 6.60. The van der Waals surface area contributed by atoms with Gasteiger partial charge in [-0.05, 0) is 43.2 Å². The Morgan fingerprint density at radius 1 is 1.09 bits per heavy atom. The average Bonchev–Trinajstić information content (AvgIpc) is 3.58. The van der Waals surface area contributed by atoms with Crippen LogP contribution in [0.2, 0.25) is 0 Å². The van der Waals surface area contributed by atoms with Crippen LogP contribution in [0.5, 0.6) is 17.2 Å². The third kappa shape index (κ3) is 4.07. The van der Waals surface area contributed by atoms with Crippen molar-refractivity contribution in [3.05, 3.63) is 48.2 Å². The summed E-state index contributed by atoms with van der Waals surface area (Å²) in [6.07, 6.45) is 5.77. The first-order chi connectivity index (χ1) is 16.5. The molecule has 3 aromatic rings. The molecular weight excluding hydrogens is 436 g/mol. The van der Waals surface area contributed by atoms with Crippen LogP contribution < -0.4 is 15.2 Å². The Kier molecular flexibility index (Phi) is 5.13. The van der Waals surface area contributed by atoms with Gasteiger partial charge in [0, 0.05) is 31.0 Å². The van der Waals surface area contributed by atoms with Crippen LogP contribution in [0.15, 0.2) is 42.6 Å². The number of hydrogen-bond acceptors (Lipinski definition) is 6. The van der Waals surface area contributed by atoms with Crippen molar-refractivity contribution in [2.45, 2.75) is 43.9 Å². The smallest absolute Gasteiger partial charge is 0.252 e. The average molecular weight is 463 g/mol. The molecule has 0 radical (unpaired) electrons. The molecule has 1 saturated carbocycles. The number of aromatic nitrogens is 2. The predicted molar refractivity (Wildman–Crippen MR) is 123 cm³/mol. The maximum Gasteiger partial charge on any atom is 0.252 e. The molecule has 0 spiro atoms. The Bertz CT molecular complexity index is 1230. The summed E-state index contributed by atoms with van der Waals surface area (Å²) in [6, 6.07) is 11.0. The first kappa shape index (κ1) is 21.0. The first-order valence-corrected chi connectivity index (χ1v) is 11.7. The predicted octanol–water partition coefficient (Wildman–Crippen LogP) is 3.03. The van der Waals surface area contributed by atoms with E-state index in [4.69, 9.17) is 19.9 Å². The lowest BCUT2D eigenvalue weighted by Gasteiger charge is -2.47. The summed E-state index contributed by atoms with van der Waals surface area (Å²) in [5.74, 6) is 1.12. The molecule has 3 saturated heterocycles. The largest absolute Gasteiger partial charge is 0.493 e. The standard InChI is InChI=1S/C25H26N4O5/c26-25(31)21-9-15-12-27-29(16-1-2-16)22(15)11-23(21)34-18-5-3-17(4-6-18)32-8-7-24(30)28-13-19-10-20(14-28)33-19/h3-6,9,11-12,16,19-20H,1-2,7-8,10,13-14H2,(H2,26,31). The van der Waals surface area contributed by atoms with Crippen LogP contribution in [-0.4, -0.2) is 58.4 Å². The Balaban J connectivity index is 1.10. The molecule has 2 amide bonds. The maximum absolute atomic E-state index is 12.4. The van der Waals surface area contributed by atoms with E-state index in [9.17, 15) is 9.59 Å². The molecule has 1 aromatic heterocycles. The summed E-state index contributed by atoms with van der Waals surface area (Å²) in [5.41, 5.74) is 6.83. The van der Waals surface area contributed by atoms with Crippen molar-refractivity contribution in [2.75, 3.05) is 19.7 Å². The van der Waals surface area contributed by atoms with Crippen molar-refractivity contribution < 1.29 is 23.8 Å². The molecule has 2 N–H and O–H groups in total. The van der Waals surface area contributed by atoms with Gasteiger partial charge in [0.25, 0.3) is 5.91 Å². The second-order valence-corrected chi connectivity index (χ2v) is 9.18. The summed E-state index contributed by atoms with van der Waals surface area (Å²) in [7, 11) is 0. The minimum absolute atomic E-state index is 0.0952. The molecule has 3 aliphatic heterocycles. The van der Waals surface area contributed by atoms with Crippen molar-refractivity contribution in [1.29, 1.82) is 0 Å². The van der Waals surface area contributed by atoms with Gasteiger partial charge in [0.2, 0.25) is 5.91 Å². The number of amides is 2. The van der Waals surface area contributed by atoms with Gasteiger partial charge >= 0.3 is 0 Å². The number of benzene rings is 2. The molecule has 34 heavy (non-hydrogen) atoms. The van der Waals surface area contributed by atoms with Gasteiger partial charge in [0.05, 0.1) is 48.6 Å². The van der Waals surface area contributed by atoms with E-state index in [0.29, 0.717) is 55.0 Å². The van der Waals surface area contributed by atoms with E-state index in [1.807, 2.05) is 15.6 Å². The lowest BCUT2D eigenvalue weighted by Crippen LogP contribution is -2.58. The number of rotatable bonds is 8. The van der Waals surface area contributed by atoms with E-state index < -0.39 is 5.91 Å². The van der Waals surface area contributed by atoms with Crippen LogP contribution in [0.1, 0.15) is 42.1 Å². The summed E-state index contributed by atoms with van der Waals surface area (Å²) in [6.45, 7) is 1.67. The second kappa shape index (κ2) is 8.32. The fourth-order valence-corrected chi connectivity index (χ4v) is 4.67.